The van der Waals surface area contributed by atoms with Crippen LogP contribution in [0.15, 0.2) is 32.1 Å². The molecule has 0 fully saturated rings. The normalized spacial score (nSPS) is 13.0. The van der Waals surface area contributed by atoms with E-state index in [0.29, 0.717) is 30.5 Å². The lowest BCUT2D eigenvalue weighted by Gasteiger charge is -2.20. The van der Waals surface area contributed by atoms with Crippen molar-refractivity contribution in [2.75, 3.05) is 19.8 Å². The molecule has 0 bridgehead atoms. The van der Waals surface area contributed by atoms with Crippen LogP contribution in [0, 0.1) is 6.92 Å². The highest BCUT2D eigenvalue weighted by Crippen LogP contribution is 2.35. The van der Waals surface area contributed by atoms with Gasteiger partial charge in [0, 0.05) is 4.47 Å². The zero-order chi connectivity index (χ0) is 19.8. The molecule has 8 nitrogen and oxygen atoms in total. The van der Waals surface area contributed by atoms with Crippen molar-refractivity contribution in [1.82, 2.24) is 9.55 Å². The van der Waals surface area contributed by atoms with Crippen LogP contribution in [0.25, 0.3) is 11.1 Å². The fourth-order valence-electron chi connectivity index (χ4n) is 3.11. The molecule has 1 aromatic carbocycles. The Morgan fingerprint density at radius 3 is 2.71 bits per heavy atom. The predicted octanol–water partition coefficient (Wildman–Crippen LogP) is 3.06. The van der Waals surface area contributed by atoms with Gasteiger partial charge in [0.05, 0.1) is 13.2 Å². The van der Waals surface area contributed by atoms with Crippen molar-refractivity contribution >= 4 is 33.0 Å². The molecule has 0 radical (unpaired) electrons. The van der Waals surface area contributed by atoms with Crippen molar-refractivity contribution < 1.29 is 23.4 Å². The molecule has 2 aromatic heterocycles. The van der Waals surface area contributed by atoms with Crippen LogP contribution in [0.5, 0.6) is 11.5 Å². The fourth-order valence-corrected chi connectivity index (χ4v) is 3.56. The van der Waals surface area contributed by atoms with E-state index >= 15 is 0 Å². The van der Waals surface area contributed by atoms with E-state index in [1.807, 2.05) is 12.1 Å². The van der Waals surface area contributed by atoms with Crippen LogP contribution < -0.4 is 15.0 Å². The average molecular weight is 449 g/mol. The first kappa shape index (κ1) is 18.5. The Morgan fingerprint density at radius 1 is 1.29 bits per heavy atom. The van der Waals surface area contributed by atoms with E-state index in [1.54, 1.807) is 13.8 Å². The van der Waals surface area contributed by atoms with Crippen LogP contribution in [-0.4, -0.2) is 35.3 Å². The number of rotatable bonds is 4. The number of esters is 1. The lowest BCUT2D eigenvalue weighted by Crippen LogP contribution is -2.23. The van der Waals surface area contributed by atoms with Crippen LogP contribution in [0.3, 0.4) is 0 Å². The molecule has 0 spiro atoms. The molecular weight excluding hydrogens is 432 g/mol. The molecule has 0 N–H and O–H groups in total. The molecule has 0 aliphatic carbocycles. The highest BCUT2D eigenvalue weighted by atomic mass is 79.9. The van der Waals surface area contributed by atoms with Crippen LogP contribution in [0.2, 0.25) is 0 Å². The summed E-state index contributed by atoms with van der Waals surface area (Å²) < 4.78 is 23.9. The van der Waals surface area contributed by atoms with Gasteiger partial charge in [-0.25, -0.2) is 9.78 Å². The molecule has 4 rings (SSSR count). The molecule has 3 heterocycles. The minimum atomic E-state index is -0.601. The lowest BCUT2D eigenvalue weighted by molar-refractivity contribution is 0.0526. The second-order valence-corrected chi connectivity index (χ2v) is 7.05. The van der Waals surface area contributed by atoms with E-state index in [-0.39, 0.29) is 35.4 Å². The third-order valence-corrected chi connectivity index (χ3v) is 5.12. The molecule has 9 heteroatoms. The quantitative estimate of drug-likeness (QED) is 0.566. The molecule has 1 aliphatic rings. The maximum Gasteiger partial charge on any atom is 0.342 e. The molecular formula is C19H17BrN2O6. The van der Waals surface area contributed by atoms with Gasteiger partial charge in [0.2, 0.25) is 5.71 Å². The third-order valence-electron chi connectivity index (χ3n) is 4.39. The molecule has 0 saturated heterocycles. The van der Waals surface area contributed by atoms with Crippen molar-refractivity contribution in [3.05, 3.63) is 50.2 Å². The first-order valence-corrected chi connectivity index (χ1v) is 9.52. The van der Waals surface area contributed by atoms with E-state index in [9.17, 15) is 9.59 Å². The third kappa shape index (κ3) is 3.15. The van der Waals surface area contributed by atoms with Crippen LogP contribution >= 0.6 is 15.9 Å². The van der Waals surface area contributed by atoms with Gasteiger partial charge in [-0.3, -0.25) is 9.36 Å². The number of furan rings is 1. The van der Waals surface area contributed by atoms with Gasteiger partial charge in [-0.2, -0.15) is 0 Å². The Kier molecular flexibility index (Phi) is 4.84. The van der Waals surface area contributed by atoms with E-state index in [2.05, 4.69) is 20.9 Å². The molecule has 1 aliphatic heterocycles. The van der Waals surface area contributed by atoms with Gasteiger partial charge in [0.1, 0.15) is 36.3 Å². The second-order valence-electron chi connectivity index (χ2n) is 6.20. The predicted molar refractivity (Wildman–Crippen MR) is 103 cm³/mol. The lowest BCUT2D eigenvalue weighted by atomic mass is 10.1. The van der Waals surface area contributed by atoms with E-state index in [1.165, 1.54) is 10.9 Å². The number of fused-ring (bicyclic) bond motifs is 2. The van der Waals surface area contributed by atoms with Crippen molar-refractivity contribution in [3.8, 4) is 11.5 Å². The SMILES string of the molecule is CCOC(=O)c1c(C)oc2ncn(Cc3cc4c(cc3Br)OCCO4)c(=O)c12. The van der Waals surface area contributed by atoms with Crippen LogP contribution in [0.4, 0.5) is 0 Å². The molecule has 0 amide bonds. The summed E-state index contributed by atoms with van der Waals surface area (Å²) >= 11 is 3.51. The summed E-state index contributed by atoms with van der Waals surface area (Å²) in [4.78, 5) is 29.5. The zero-order valence-corrected chi connectivity index (χ0v) is 16.9. The number of ether oxygens (including phenoxy) is 3. The van der Waals surface area contributed by atoms with Gasteiger partial charge >= 0.3 is 5.97 Å². The summed E-state index contributed by atoms with van der Waals surface area (Å²) in [6.45, 7) is 4.70. The van der Waals surface area contributed by atoms with Gasteiger partial charge in [0.15, 0.2) is 11.5 Å². The summed E-state index contributed by atoms with van der Waals surface area (Å²) in [7, 11) is 0. The Balaban J connectivity index is 1.78. The molecule has 146 valence electrons. The first-order valence-electron chi connectivity index (χ1n) is 8.73. The Morgan fingerprint density at radius 2 is 2.00 bits per heavy atom. The summed E-state index contributed by atoms with van der Waals surface area (Å²) in [5.74, 6) is 0.975. The molecule has 3 aromatic rings. The average Bonchev–Trinajstić information content (AvgIpc) is 3.01. The van der Waals surface area contributed by atoms with Gasteiger partial charge in [-0.05, 0) is 31.5 Å². The number of halogens is 1. The smallest absolute Gasteiger partial charge is 0.342 e. The zero-order valence-electron chi connectivity index (χ0n) is 15.3. The number of hydrogen-bond acceptors (Lipinski definition) is 7. The van der Waals surface area contributed by atoms with E-state index in [4.69, 9.17) is 18.6 Å². The fraction of sp³-hybridized carbons (Fsp3) is 0.316. The molecule has 28 heavy (non-hydrogen) atoms. The van der Waals surface area contributed by atoms with Crippen LogP contribution in [0.1, 0.15) is 28.6 Å². The van der Waals surface area contributed by atoms with E-state index < -0.39 is 5.97 Å². The number of carbonyl (C=O) groups is 1. The Bertz CT molecular complexity index is 1130. The van der Waals surface area contributed by atoms with Crippen LogP contribution in [-0.2, 0) is 11.3 Å². The number of aryl methyl sites for hydroxylation is 1. The standard InChI is InChI=1S/C19H17BrN2O6/c1-3-25-19(24)15-10(2)28-17-16(15)18(23)22(9-21-17)8-11-6-13-14(7-12(11)20)27-5-4-26-13/h6-7,9H,3-5,8H2,1-2H3. The topological polar surface area (TPSA) is 92.8 Å². The largest absolute Gasteiger partial charge is 0.486 e. The number of benzene rings is 1. The minimum absolute atomic E-state index is 0.114. The van der Waals surface area contributed by atoms with Crippen molar-refractivity contribution in [2.24, 2.45) is 0 Å². The Hall–Kier alpha value is -2.81. The molecule has 0 atom stereocenters. The highest BCUT2D eigenvalue weighted by molar-refractivity contribution is 9.10. The number of hydrogen-bond donors (Lipinski definition) is 0. The summed E-state index contributed by atoms with van der Waals surface area (Å²) in [6.07, 6.45) is 1.39. The number of aromatic nitrogens is 2. The maximum atomic E-state index is 13.1. The van der Waals surface area contributed by atoms with Crippen molar-refractivity contribution in [2.45, 2.75) is 20.4 Å². The molecule has 0 saturated carbocycles. The van der Waals surface area contributed by atoms with Crippen molar-refractivity contribution in [3.63, 3.8) is 0 Å². The molecule has 0 unspecified atom stereocenters. The Labute approximate surface area is 168 Å². The second kappa shape index (κ2) is 7.31. The van der Waals surface area contributed by atoms with Gasteiger partial charge < -0.3 is 18.6 Å². The van der Waals surface area contributed by atoms with Gasteiger partial charge in [0.25, 0.3) is 5.56 Å². The van der Waals surface area contributed by atoms with Crippen molar-refractivity contribution in [1.29, 1.82) is 0 Å². The summed E-state index contributed by atoms with van der Waals surface area (Å²) in [6, 6.07) is 3.63. The maximum absolute atomic E-state index is 13.1. The first-order chi connectivity index (χ1) is 13.5. The summed E-state index contributed by atoms with van der Waals surface area (Å²) in [5, 5.41) is 0.118. The number of nitrogens with zero attached hydrogens (tertiary/aromatic N) is 2. The van der Waals surface area contributed by atoms with Gasteiger partial charge in [-0.15, -0.1) is 0 Å². The highest BCUT2D eigenvalue weighted by Gasteiger charge is 2.24. The summed E-state index contributed by atoms with van der Waals surface area (Å²) in [5.41, 5.74) is 0.657. The van der Waals surface area contributed by atoms with E-state index in [0.717, 1.165) is 10.0 Å². The monoisotopic (exact) mass is 448 g/mol. The minimum Gasteiger partial charge on any atom is -0.486 e. The number of carbonyl (C=O) groups excluding carboxylic acids is 1. The van der Waals surface area contributed by atoms with Gasteiger partial charge in [-0.1, -0.05) is 15.9 Å².